The molecule has 24 heavy (non-hydrogen) atoms. The van der Waals surface area contributed by atoms with E-state index in [4.69, 9.17) is 9.15 Å². The van der Waals surface area contributed by atoms with Gasteiger partial charge in [-0.3, -0.25) is 4.79 Å². The first-order valence-electron chi connectivity index (χ1n) is 8.00. The number of amides is 1. The first kappa shape index (κ1) is 18.1. The number of likely N-dealkylation sites (N-methyl/N-ethyl adjacent to an activating group) is 1. The van der Waals surface area contributed by atoms with E-state index in [2.05, 4.69) is 10.2 Å². The maximum absolute atomic E-state index is 12.6. The van der Waals surface area contributed by atoms with E-state index >= 15 is 0 Å². The largest absolute Gasteiger partial charge is 0.497 e. The Morgan fingerprint density at radius 2 is 1.96 bits per heavy atom. The fourth-order valence-corrected chi connectivity index (χ4v) is 2.85. The van der Waals surface area contributed by atoms with Crippen molar-refractivity contribution in [1.29, 1.82) is 0 Å². The van der Waals surface area contributed by atoms with Crippen LogP contribution in [-0.4, -0.2) is 38.6 Å². The number of carbonyl (C=O) groups excluding carboxylic acids is 1. The molecule has 0 bridgehead atoms. The normalized spacial score (nSPS) is 12.3. The monoisotopic (exact) mass is 330 g/mol. The highest BCUT2D eigenvalue weighted by molar-refractivity contribution is 5.96. The van der Waals surface area contributed by atoms with Crippen molar-refractivity contribution in [1.82, 2.24) is 10.2 Å². The molecule has 1 amide bonds. The van der Waals surface area contributed by atoms with Crippen LogP contribution < -0.4 is 10.1 Å². The lowest BCUT2D eigenvalue weighted by Gasteiger charge is -2.25. The molecule has 0 spiro atoms. The summed E-state index contributed by atoms with van der Waals surface area (Å²) < 4.78 is 10.8. The minimum atomic E-state index is -0.100. The summed E-state index contributed by atoms with van der Waals surface area (Å²) in [5.74, 6) is 2.15. The van der Waals surface area contributed by atoms with Gasteiger partial charge in [-0.1, -0.05) is 12.1 Å². The number of aryl methyl sites for hydroxylation is 2. The first-order valence-corrected chi connectivity index (χ1v) is 8.00. The van der Waals surface area contributed by atoms with E-state index in [1.807, 2.05) is 59.1 Å². The van der Waals surface area contributed by atoms with E-state index in [-0.39, 0.29) is 11.9 Å². The SMILES string of the molecule is COc1cccc(C(CNC(=O)c2c(C)oc(C)c2C)N(C)C)c1. The van der Waals surface area contributed by atoms with E-state index in [9.17, 15) is 4.79 Å². The van der Waals surface area contributed by atoms with Gasteiger partial charge in [0.05, 0.1) is 18.7 Å². The molecule has 2 aromatic rings. The number of rotatable bonds is 6. The number of methoxy groups -OCH3 is 1. The lowest BCUT2D eigenvalue weighted by Crippen LogP contribution is -2.34. The maximum Gasteiger partial charge on any atom is 0.255 e. The van der Waals surface area contributed by atoms with Gasteiger partial charge in [0, 0.05) is 12.1 Å². The Bertz CT molecular complexity index is 719. The van der Waals surface area contributed by atoms with Gasteiger partial charge in [-0.15, -0.1) is 0 Å². The predicted octanol–water partition coefficient (Wildman–Crippen LogP) is 3.25. The molecule has 0 aliphatic rings. The fourth-order valence-electron chi connectivity index (χ4n) is 2.85. The molecule has 0 saturated carbocycles. The molecule has 0 aliphatic carbocycles. The van der Waals surface area contributed by atoms with Crippen LogP contribution in [0.1, 0.15) is 39.0 Å². The molecule has 0 saturated heterocycles. The second-order valence-corrected chi connectivity index (χ2v) is 6.18. The first-order chi connectivity index (χ1) is 11.3. The number of hydrogen-bond acceptors (Lipinski definition) is 4. The molecule has 0 fully saturated rings. The third-order valence-corrected chi connectivity index (χ3v) is 4.35. The summed E-state index contributed by atoms with van der Waals surface area (Å²) >= 11 is 0. The molecule has 130 valence electrons. The summed E-state index contributed by atoms with van der Waals surface area (Å²) in [5, 5.41) is 3.03. The molecule has 1 atom stereocenters. The zero-order valence-electron chi connectivity index (χ0n) is 15.3. The number of hydrogen-bond donors (Lipinski definition) is 1. The number of benzene rings is 1. The summed E-state index contributed by atoms with van der Waals surface area (Å²) in [7, 11) is 5.64. The van der Waals surface area contributed by atoms with Crippen molar-refractivity contribution in [2.45, 2.75) is 26.8 Å². The van der Waals surface area contributed by atoms with Crippen LogP contribution >= 0.6 is 0 Å². The zero-order valence-corrected chi connectivity index (χ0v) is 15.3. The molecule has 1 aromatic heterocycles. The Balaban J connectivity index is 2.15. The van der Waals surface area contributed by atoms with Crippen molar-refractivity contribution >= 4 is 5.91 Å². The van der Waals surface area contributed by atoms with Crippen LogP contribution in [0.4, 0.5) is 0 Å². The Kier molecular flexibility index (Phi) is 5.67. The maximum atomic E-state index is 12.6. The average molecular weight is 330 g/mol. The summed E-state index contributed by atoms with van der Waals surface area (Å²) in [6.45, 7) is 6.10. The Hall–Kier alpha value is -2.27. The van der Waals surface area contributed by atoms with Gasteiger partial charge < -0.3 is 19.4 Å². The van der Waals surface area contributed by atoms with Crippen molar-refractivity contribution < 1.29 is 13.9 Å². The van der Waals surface area contributed by atoms with E-state index in [0.717, 1.165) is 22.6 Å². The summed E-state index contributed by atoms with van der Waals surface area (Å²) in [4.78, 5) is 14.6. The molecule has 1 N–H and O–H groups in total. The van der Waals surface area contributed by atoms with Gasteiger partial charge in [0.2, 0.25) is 0 Å². The number of furan rings is 1. The molecule has 5 heteroatoms. The van der Waals surface area contributed by atoms with Crippen LogP contribution in [0, 0.1) is 20.8 Å². The minimum Gasteiger partial charge on any atom is -0.497 e. The summed E-state index contributed by atoms with van der Waals surface area (Å²) in [6, 6.07) is 7.96. The lowest BCUT2D eigenvalue weighted by molar-refractivity contribution is 0.0940. The van der Waals surface area contributed by atoms with Crippen LogP contribution in [0.3, 0.4) is 0 Å². The van der Waals surface area contributed by atoms with Gasteiger partial charge in [0.1, 0.15) is 17.3 Å². The number of ether oxygens (including phenoxy) is 1. The topological polar surface area (TPSA) is 54.7 Å². The molecular formula is C19H26N2O3. The van der Waals surface area contributed by atoms with Gasteiger partial charge >= 0.3 is 0 Å². The molecule has 0 radical (unpaired) electrons. The fraction of sp³-hybridized carbons (Fsp3) is 0.421. The second kappa shape index (κ2) is 7.53. The number of nitrogens with one attached hydrogen (secondary N) is 1. The Morgan fingerprint density at radius 1 is 1.25 bits per heavy atom. The van der Waals surface area contributed by atoms with E-state index in [1.54, 1.807) is 7.11 Å². The third-order valence-electron chi connectivity index (χ3n) is 4.35. The zero-order chi connectivity index (χ0) is 17.9. The molecule has 2 rings (SSSR count). The third kappa shape index (κ3) is 3.79. The van der Waals surface area contributed by atoms with Gasteiger partial charge in [0.25, 0.3) is 5.91 Å². The van der Waals surface area contributed by atoms with Crippen molar-refractivity contribution in [3.63, 3.8) is 0 Å². The molecule has 1 heterocycles. The van der Waals surface area contributed by atoms with Gasteiger partial charge in [0.15, 0.2) is 0 Å². The highest BCUT2D eigenvalue weighted by Gasteiger charge is 2.21. The van der Waals surface area contributed by atoms with E-state index < -0.39 is 0 Å². The standard InChI is InChI=1S/C19H26N2O3/c1-12-13(2)24-14(3)18(12)19(22)20-11-17(21(4)5)15-8-7-9-16(10-15)23-6/h7-10,17H,11H2,1-6H3,(H,20,22). The van der Waals surface area contributed by atoms with Crippen molar-refractivity contribution in [3.05, 3.63) is 52.5 Å². The van der Waals surface area contributed by atoms with Gasteiger partial charge in [-0.05, 0) is 52.6 Å². The van der Waals surface area contributed by atoms with Gasteiger partial charge in [-0.25, -0.2) is 0 Å². The highest BCUT2D eigenvalue weighted by Crippen LogP contribution is 2.23. The minimum absolute atomic E-state index is 0.0534. The van der Waals surface area contributed by atoms with Crippen molar-refractivity contribution in [3.8, 4) is 5.75 Å². The Labute approximate surface area is 143 Å². The van der Waals surface area contributed by atoms with Gasteiger partial charge in [-0.2, -0.15) is 0 Å². The van der Waals surface area contributed by atoms with Crippen LogP contribution in [0.2, 0.25) is 0 Å². The predicted molar refractivity (Wildman–Crippen MR) is 94.7 cm³/mol. The van der Waals surface area contributed by atoms with E-state index in [1.165, 1.54) is 0 Å². The smallest absolute Gasteiger partial charge is 0.255 e. The summed E-state index contributed by atoms with van der Waals surface area (Å²) in [5.41, 5.74) is 2.62. The average Bonchev–Trinajstić information content (AvgIpc) is 2.80. The van der Waals surface area contributed by atoms with Crippen molar-refractivity contribution in [2.75, 3.05) is 27.7 Å². The second-order valence-electron chi connectivity index (χ2n) is 6.18. The lowest BCUT2D eigenvalue weighted by atomic mass is 10.0. The molecule has 0 aliphatic heterocycles. The molecular weight excluding hydrogens is 304 g/mol. The van der Waals surface area contributed by atoms with Crippen LogP contribution in [0.15, 0.2) is 28.7 Å². The number of nitrogens with zero attached hydrogens (tertiary/aromatic N) is 1. The molecule has 5 nitrogen and oxygen atoms in total. The number of carbonyl (C=O) groups is 1. The Morgan fingerprint density at radius 3 is 2.50 bits per heavy atom. The quantitative estimate of drug-likeness (QED) is 0.883. The highest BCUT2D eigenvalue weighted by atomic mass is 16.5. The molecule has 1 unspecified atom stereocenters. The van der Waals surface area contributed by atoms with Crippen molar-refractivity contribution in [2.24, 2.45) is 0 Å². The molecule has 1 aromatic carbocycles. The van der Waals surface area contributed by atoms with Crippen LogP contribution in [0.5, 0.6) is 5.75 Å². The van der Waals surface area contributed by atoms with Crippen LogP contribution in [-0.2, 0) is 0 Å². The van der Waals surface area contributed by atoms with Crippen LogP contribution in [0.25, 0.3) is 0 Å². The summed E-state index contributed by atoms with van der Waals surface area (Å²) in [6.07, 6.45) is 0. The van der Waals surface area contributed by atoms with E-state index in [0.29, 0.717) is 17.9 Å².